The maximum absolute atomic E-state index is 12.2. The van der Waals surface area contributed by atoms with E-state index >= 15 is 0 Å². The minimum atomic E-state index is 0.175. The lowest BCUT2D eigenvalue weighted by molar-refractivity contribution is -0.118. The van der Waals surface area contributed by atoms with Crippen molar-refractivity contribution in [3.05, 3.63) is 47.0 Å². The molecule has 1 heterocycles. The van der Waals surface area contributed by atoms with Crippen molar-refractivity contribution in [1.82, 2.24) is 14.8 Å². The maximum Gasteiger partial charge on any atom is 0.144 e. The van der Waals surface area contributed by atoms with Gasteiger partial charge in [-0.15, -0.1) is 0 Å². The zero-order valence-electron chi connectivity index (χ0n) is 12.6. The van der Waals surface area contributed by atoms with E-state index in [2.05, 4.69) is 28.3 Å². The van der Waals surface area contributed by atoms with Gasteiger partial charge in [0.15, 0.2) is 0 Å². The van der Waals surface area contributed by atoms with Crippen LogP contribution in [0.25, 0.3) is 0 Å². The predicted molar refractivity (Wildman–Crippen MR) is 78.7 cm³/mol. The first-order chi connectivity index (χ1) is 9.47. The van der Waals surface area contributed by atoms with Crippen LogP contribution in [-0.2, 0) is 17.6 Å². The van der Waals surface area contributed by atoms with Gasteiger partial charge in [-0.1, -0.05) is 23.8 Å². The molecule has 0 saturated heterocycles. The molecule has 0 spiro atoms. The lowest BCUT2D eigenvalue weighted by atomic mass is 10.00. The number of carbonyl (C=O) groups excluding carboxylic acids is 1. The highest BCUT2D eigenvalue weighted by atomic mass is 16.1. The van der Waals surface area contributed by atoms with Crippen LogP contribution in [0, 0.1) is 13.8 Å². The summed E-state index contributed by atoms with van der Waals surface area (Å²) >= 11 is 0. The standard InChI is InChI=1S/C16H21N3O/c1-11(2)19-16(17-10-18-19)9-15(20)8-14-7-12(3)5-6-13(14)4/h5-7,10-11H,8-9H2,1-4H3. The van der Waals surface area contributed by atoms with Crippen molar-refractivity contribution in [1.29, 1.82) is 0 Å². The minimum absolute atomic E-state index is 0.175. The Balaban J connectivity index is 2.09. The van der Waals surface area contributed by atoms with Gasteiger partial charge in [0, 0.05) is 12.5 Å². The van der Waals surface area contributed by atoms with Crippen LogP contribution in [-0.4, -0.2) is 20.5 Å². The Morgan fingerprint density at radius 1 is 1.25 bits per heavy atom. The van der Waals surface area contributed by atoms with Crippen molar-refractivity contribution >= 4 is 5.78 Å². The molecule has 0 aliphatic heterocycles. The summed E-state index contributed by atoms with van der Waals surface area (Å²) in [6.07, 6.45) is 2.31. The molecule has 0 bridgehead atoms. The van der Waals surface area contributed by atoms with Crippen molar-refractivity contribution in [2.24, 2.45) is 0 Å². The smallest absolute Gasteiger partial charge is 0.144 e. The number of benzene rings is 1. The van der Waals surface area contributed by atoms with E-state index in [1.807, 2.05) is 27.7 Å². The van der Waals surface area contributed by atoms with Gasteiger partial charge in [0.25, 0.3) is 0 Å². The summed E-state index contributed by atoms with van der Waals surface area (Å²) in [5.41, 5.74) is 3.45. The Hall–Kier alpha value is -1.97. The van der Waals surface area contributed by atoms with Gasteiger partial charge >= 0.3 is 0 Å². The number of carbonyl (C=O) groups is 1. The van der Waals surface area contributed by atoms with Gasteiger partial charge in [-0.05, 0) is 38.8 Å². The normalized spacial score (nSPS) is 11.1. The summed E-state index contributed by atoms with van der Waals surface area (Å²) in [6, 6.07) is 6.44. The Kier molecular flexibility index (Phi) is 4.32. The Bertz CT molecular complexity index is 614. The van der Waals surface area contributed by atoms with E-state index in [1.165, 1.54) is 11.9 Å². The molecular weight excluding hydrogens is 250 g/mol. The molecule has 4 heteroatoms. The van der Waals surface area contributed by atoms with Crippen molar-refractivity contribution in [2.75, 3.05) is 0 Å². The average molecular weight is 271 g/mol. The molecule has 0 atom stereocenters. The second-order valence-electron chi connectivity index (χ2n) is 5.54. The lowest BCUT2D eigenvalue weighted by Crippen LogP contribution is -2.14. The molecule has 0 N–H and O–H groups in total. The van der Waals surface area contributed by atoms with Gasteiger partial charge < -0.3 is 0 Å². The molecular formula is C16H21N3O. The lowest BCUT2D eigenvalue weighted by Gasteiger charge is -2.10. The fourth-order valence-electron chi connectivity index (χ4n) is 2.27. The highest BCUT2D eigenvalue weighted by molar-refractivity contribution is 5.82. The quantitative estimate of drug-likeness (QED) is 0.840. The second kappa shape index (κ2) is 5.99. The molecule has 0 radical (unpaired) electrons. The SMILES string of the molecule is Cc1ccc(C)c(CC(=O)Cc2ncnn2C(C)C)c1. The maximum atomic E-state index is 12.2. The van der Waals surface area contributed by atoms with Crippen LogP contribution in [0.4, 0.5) is 0 Å². The fraction of sp³-hybridized carbons (Fsp3) is 0.438. The minimum Gasteiger partial charge on any atom is -0.299 e. The van der Waals surface area contributed by atoms with E-state index in [0.717, 1.165) is 17.0 Å². The number of nitrogens with zero attached hydrogens (tertiary/aromatic N) is 3. The summed E-state index contributed by atoms with van der Waals surface area (Å²) in [6.45, 7) is 8.15. The Morgan fingerprint density at radius 2 is 2.00 bits per heavy atom. The third-order valence-electron chi connectivity index (χ3n) is 3.38. The van der Waals surface area contributed by atoms with Gasteiger partial charge in [0.2, 0.25) is 0 Å². The first kappa shape index (κ1) is 14.4. The fourth-order valence-corrected chi connectivity index (χ4v) is 2.27. The summed E-state index contributed by atoms with van der Waals surface area (Å²) < 4.78 is 1.81. The summed E-state index contributed by atoms with van der Waals surface area (Å²) in [5, 5.41) is 4.16. The molecule has 0 amide bonds. The second-order valence-corrected chi connectivity index (χ2v) is 5.54. The zero-order valence-corrected chi connectivity index (χ0v) is 12.6. The molecule has 20 heavy (non-hydrogen) atoms. The van der Waals surface area contributed by atoms with E-state index < -0.39 is 0 Å². The molecule has 1 aromatic heterocycles. The third kappa shape index (κ3) is 3.32. The topological polar surface area (TPSA) is 47.8 Å². The molecule has 2 rings (SSSR count). The highest BCUT2D eigenvalue weighted by Crippen LogP contribution is 2.13. The molecule has 0 unspecified atom stereocenters. The van der Waals surface area contributed by atoms with Gasteiger partial charge in [-0.2, -0.15) is 5.10 Å². The number of Topliss-reactive ketones (excluding diaryl/α,β-unsaturated/α-hetero) is 1. The first-order valence-corrected chi connectivity index (χ1v) is 6.93. The van der Waals surface area contributed by atoms with Crippen molar-refractivity contribution < 1.29 is 4.79 Å². The molecule has 0 fully saturated rings. The number of aryl methyl sites for hydroxylation is 2. The van der Waals surface area contributed by atoms with Gasteiger partial charge in [-0.25, -0.2) is 9.67 Å². The summed E-state index contributed by atoms with van der Waals surface area (Å²) in [5.74, 6) is 0.920. The van der Waals surface area contributed by atoms with E-state index in [1.54, 1.807) is 4.68 Å². The Morgan fingerprint density at radius 3 is 2.70 bits per heavy atom. The van der Waals surface area contributed by atoms with Gasteiger partial charge in [0.05, 0.1) is 6.42 Å². The molecule has 0 aliphatic rings. The van der Waals surface area contributed by atoms with E-state index in [9.17, 15) is 4.79 Å². The molecule has 1 aromatic carbocycles. The monoisotopic (exact) mass is 271 g/mol. The average Bonchev–Trinajstić information content (AvgIpc) is 2.82. The van der Waals surface area contributed by atoms with Crippen LogP contribution in [0.5, 0.6) is 0 Å². The summed E-state index contributed by atoms with van der Waals surface area (Å²) in [7, 11) is 0. The number of hydrogen-bond acceptors (Lipinski definition) is 3. The predicted octanol–water partition coefficient (Wildman–Crippen LogP) is 2.83. The largest absolute Gasteiger partial charge is 0.299 e. The zero-order chi connectivity index (χ0) is 14.7. The summed E-state index contributed by atoms with van der Waals surface area (Å²) in [4.78, 5) is 16.4. The van der Waals surface area contributed by atoms with Crippen molar-refractivity contribution in [3.63, 3.8) is 0 Å². The van der Waals surface area contributed by atoms with Crippen molar-refractivity contribution in [3.8, 4) is 0 Å². The van der Waals surface area contributed by atoms with Crippen LogP contribution in [0.15, 0.2) is 24.5 Å². The first-order valence-electron chi connectivity index (χ1n) is 6.93. The van der Waals surface area contributed by atoms with Crippen molar-refractivity contribution in [2.45, 2.75) is 46.6 Å². The molecule has 0 aliphatic carbocycles. The van der Waals surface area contributed by atoms with Gasteiger partial charge in [0.1, 0.15) is 17.9 Å². The van der Waals surface area contributed by atoms with E-state index in [0.29, 0.717) is 12.8 Å². The van der Waals surface area contributed by atoms with Crippen LogP contribution >= 0.6 is 0 Å². The molecule has 4 nitrogen and oxygen atoms in total. The highest BCUT2D eigenvalue weighted by Gasteiger charge is 2.13. The van der Waals surface area contributed by atoms with E-state index in [4.69, 9.17) is 0 Å². The van der Waals surface area contributed by atoms with Crippen LogP contribution in [0.2, 0.25) is 0 Å². The number of rotatable bonds is 5. The molecule has 0 saturated carbocycles. The third-order valence-corrected chi connectivity index (χ3v) is 3.38. The number of aromatic nitrogens is 3. The van der Waals surface area contributed by atoms with Crippen LogP contribution in [0.3, 0.4) is 0 Å². The molecule has 106 valence electrons. The Labute approximate surface area is 119 Å². The number of ketones is 1. The van der Waals surface area contributed by atoms with Gasteiger partial charge in [-0.3, -0.25) is 4.79 Å². The number of hydrogen-bond donors (Lipinski definition) is 0. The van der Waals surface area contributed by atoms with Crippen LogP contribution < -0.4 is 0 Å². The molecule has 2 aromatic rings. The van der Waals surface area contributed by atoms with Crippen LogP contribution in [0.1, 0.15) is 42.4 Å². The van der Waals surface area contributed by atoms with E-state index in [-0.39, 0.29) is 11.8 Å².